The van der Waals surface area contributed by atoms with Crippen molar-refractivity contribution < 1.29 is 9.53 Å². The number of nitrogens with zero attached hydrogens (tertiary/aromatic N) is 1. The van der Waals surface area contributed by atoms with Crippen LogP contribution in [-0.4, -0.2) is 41.5 Å². The van der Waals surface area contributed by atoms with E-state index in [1.54, 1.807) is 0 Å². The van der Waals surface area contributed by atoms with Crippen molar-refractivity contribution in [3.05, 3.63) is 0 Å². The van der Waals surface area contributed by atoms with E-state index in [-0.39, 0.29) is 24.2 Å². The Morgan fingerprint density at radius 3 is 2.65 bits per heavy atom. The van der Waals surface area contributed by atoms with E-state index in [2.05, 4.69) is 0 Å². The Morgan fingerprint density at radius 1 is 1.35 bits per heavy atom. The first-order valence-electron chi connectivity index (χ1n) is 6.43. The third-order valence-corrected chi connectivity index (χ3v) is 3.36. The van der Waals surface area contributed by atoms with Crippen molar-refractivity contribution in [1.29, 1.82) is 0 Å². The van der Waals surface area contributed by atoms with Crippen molar-refractivity contribution in [2.75, 3.05) is 19.0 Å². The summed E-state index contributed by atoms with van der Waals surface area (Å²) in [5.41, 5.74) is -0.266. The Bertz CT molecular complexity index is 250. The maximum absolute atomic E-state index is 12.1. The fraction of sp³-hybridized carbons (Fsp3) is 0.923. The summed E-state index contributed by atoms with van der Waals surface area (Å²) in [5.74, 6) is 0.605. The van der Waals surface area contributed by atoms with Gasteiger partial charge in [-0.25, -0.2) is 0 Å². The number of halogens is 1. The van der Waals surface area contributed by atoms with E-state index in [4.69, 9.17) is 16.3 Å². The standard InChI is InChI=1S/C13H24ClNO2/c1-13(2,3)17-10-12(16)15-8-6-4-5-7-11(15)9-14/h11H,4-10H2,1-3H3. The summed E-state index contributed by atoms with van der Waals surface area (Å²) in [7, 11) is 0. The largest absolute Gasteiger partial charge is 0.366 e. The summed E-state index contributed by atoms with van der Waals surface area (Å²) >= 11 is 5.95. The minimum Gasteiger partial charge on any atom is -0.366 e. The SMILES string of the molecule is CC(C)(C)OCC(=O)N1CCCCCC1CCl. The number of carbonyl (C=O) groups excluding carboxylic acids is 1. The summed E-state index contributed by atoms with van der Waals surface area (Å²) in [6.45, 7) is 6.87. The van der Waals surface area contributed by atoms with Gasteiger partial charge in [-0.05, 0) is 33.6 Å². The number of alkyl halides is 1. The normalized spacial score (nSPS) is 22.4. The number of hydrogen-bond acceptors (Lipinski definition) is 2. The van der Waals surface area contributed by atoms with Gasteiger partial charge in [0.05, 0.1) is 5.60 Å². The summed E-state index contributed by atoms with van der Waals surface area (Å²) in [4.78, 5) is 14.0. The van der Waals surface area contributed by atoms with E-state index in [0.29, 0.717) is 5.88 Å². The van der Waals surface area contributed by atoms with E-state index < -0.39 is 0 Å². The third kappa shape index (κ3) is 5.26. The van der Waals surface area contributed by atoms with Crippen LogP contribution in [0.5, 0.6) is 0 Å². The van der Waals surface area contributed by atoms with Crippen molar-refractivity contribution in [3.8, 4) is 0 Å². The highest BCUT2D eigenvalue weighted by Crippen LogP contribution is 2.18. The molecule has 0 aliphatic carbocycles. The highest BCUT2D eigenvalue weighted by Gasteiger charge is 2.25. The smallest absolute Gasteiger partial charge is 0.248 e. The zero-order valence-electron chi connectivity index (χ0n) is 11.2. The van der Waals surface area contributed by atoms with Gasteiger partial charge in [0.1, 0.15) is 6.61 Å². The van der Waals surface area contributed by atoms with Gasteiger partial charge in [-0.15, -0.1) is 11.6 Å². The molecular weight excluding hydrogens is 238 g/mol. The van der Waals surface area contributed by atoms with E-state index in [1.807, 2.05) is 25.7 Å². The van der Waals surface area contributed by atoms with Crippen molar-refractivity contribution in [1.82, 2.24) is 4.90 Å². The third-order valence-electron chi connectivity index (χ3n) is 3.00. The van der Waals surface area contributed by atoms with Crippen LogP contribution in [-0.2, 0) is 9.53 Å². The first-order chi connectivity index (χ1) is 7.94. The fourth-order valence-corrected chi connectivity index (χ4v) is 2.35. The van der Waals surface area contributed by atoms with E-state index in [1.165, 1.54) is 12.8 Å². The van der Waals surface area contributed by atoms with Gasteiger partial charge in [0.2, 0.25) is 5.91 Å². The van der Waals surface area contributed by atoms with Gasteiger partial charge >= 0.3 is 0 Å². The van der Waals surface area contributed by atoms with Gasteiger partial charge in [0.15, 0.2) is 0 Å². The molecule has 0 N–H and O–H groups in total. The van der Waals surface area contributed by atoms with Gasteiger partial charge in [0.25, 0.3) is 0 Å². The minimum atomic E-state index is -0.266. The highest BCUT2D eigenvalue weighted by molar-refractivity contribution is 6.18. The second kappa shape index (κ2) is 6.60. The molecular formula is C13H24ClNO2. The Hall–Kier alpha value is -0.280. The summed E-state index contributed by atoms with van der Waals surface area (Å²) in [5, 5.41) is 0. The second-order valence-electron chi connectivity index (χ2n) is 5.65. The molecule has 1 aliphatic rings. The first-order valence-corrected chi connectivity index (χ1v) is 6.97. The predicted molar refractivity (Wildman–Crippen MR) is 70.4 cm³/mol. The van der Waals surface area contributed by atoms with E-state index in [9.17, 15) is 4.79 Å². The second-order valence-corrected chi connectivity index (χ2v) is 5.95. The summed E-state index contributed by atoms with van der Waals surface area (Å²) in [6, 6.07) is 0.190. The zero-order valence-corrected chi connectivity index (χ0v) is 11.9. The van der Waals surface area contributed by atoms with Crippen LogP contribution in [0.2, 0.25) is 0 Å². The molecule has 0 spiro atoms. The Balaban J connectivity index is 2.52. The molecule has 4 heteroatoms. The number of hydrogen-bond donors (Lipinski definition) is 0. The Morgan fingerprint density at radius 2 is 2.06 bits per heavy atom. The van der Waals surface area contributed by atoms with Crippen LogP contribution in [0.25, 0.3) is 0 Å². The number of carbonyl (C=O) groups is 1. The van der Waals surface area contributed by atoms with Crippen LogP contribution < -0.4 is 0 Å². The molecule has 3 nitrogen and oxygen atoms in total. The lowest BCUT2D eigenvalue weighted by Crippen LogP contribution is -2.44. The quantitative estimate of drug-likeness (QED) is 0.731. The van der Waals surface area contributed by atoms with Crippen LogP contribution in [0, 0.1) is 0 Å². The molecule has 1 saturated heterocycles. The monoisotopic (exact) mass is 261 g/mol. The molecule has 0 radical (unpaired) electrons. The number of ether oxygens (including phenoxy) is 1. The van der Waals surface area contributed by atoms with Crippen molar-refractivity contribution in [2.45, 2.75) is 58.1 Å². The first kappa shape index (κ1) is 14.8. The minimum absolute atomic E-state index is 0.0764. The average Bonchev–Trinajstić information content (AvgIpc) is 2.49. The molecule has 1 atom stereocenters. The average molecular weight is 262 g/mol. The van der Waals surface area contributed by atoms with Gasteiger partial charge in [0, 0.05) is 18.5 Å². The lowest BCUT2D eigenvalue weighted by Gasteiger charge is -2.30. The number of likely N-dealkylation sites (tertiary alicyclic amines) is 1. The van der Waals surface area contributed by atoms with Crippen LogP contribution in [0.4, 0.5) is 0 Å². The molecule has 0 aromatic carbocycles. The van der Waals surface area contributed by atoms with Crippen LogP contribution in [0.1, 0.15) is 46.5 Å². The lowest BCUT2D eigenvalue weighted by molar-refractivity contribution is -0.142. The molecule has 1 aliphatic heterocycles. The molecule has 1 fully saturated rings. The van der Waals surface area contributed by atoms with Gasteiger partial charge in [-0.2, -0.15) is 0 Å². The van der Waals surface area contributed by atoms with Gasteiger partial charge in [-0.3, -0.25) is 4.79 Å². The van der Waals surface area contributed by atoms with E-state index >= 15 is 0 Å². The molecule has 1 amide bonds. The molecule has 1 unspecified atom stereocenters. The number of rotatable bonds is 3. The molecule has 1 rings (SSSR count). The maximum atomic E-state index is 12.1. The summed E-state index contributed by atoms with van der Waals surface area (Å²) in [6.07, 6.45) is 4.46. The molecule has 17 heavy (non-hydrogen) atoms. The fourth-order valence-electron chi connectivity index (χ4n) is 2.03. The molecule has 0 aromatic rings. The highest BCUT2D eigenvalue weighted by atomic mass is 35.5. The predicted octanol–water partition coefficient (Wildman–Crippen LogP) is 2.81. The molecule has 0 bridgehead atoms. The molecule has 1 heterocycles. The Labute approximate surface area is 109 Å². The molecule has 0 aromatic heterocycles. The van der Waals surface area contributed by atoms with Gasteiger partial charge < -0.3 is 9.64 Å². The summed E-state index contributed by atoms with van der Waals surface area (Å²) < 4.78 is 5.54. The van der Waals surface area contributed by atoms with Crippen LogP contribution in [0.15, 0.2) is 0 Å². The molecule has 0 saturated carbocycles. The van der Waals surface area contributed by atoms with Gasteiger partial charge in [-0.1, -0.05) is 12.8 Å². The van der Waals surface area contributed by atoms with Crippen molar-refractivity contribution in [2.24, 2.45) is 0 Å². The lowest BCUT2D eigenvalue weighted by atomic mass is 10.1. The maximum Gasteiger partial charge on any atom is 0.248 e. The topological polar surface area (TPSA) is 29.5 Å². The van der Waals surface area contributed by atoms with Crippen LogP contribution in [0.3, 0.4) is 0 Å². The molecule has 100 valence electrons. The van der Waals surface area contributed by atoms with Crippen molar-refractivity contribution >= 4 is 17.5 Å². The van der Waals surface area contributed by atoms with Crippen molar-refractivity contribution in [3.63, 3.8) is 0 Å². The Kier molecular flexibility index (Phi) is 5.74. The van der Waals surface area contributed by atoms with E-state index in [0.717, 1.165) is 19.4 Å². The number of amides is 1. The zero-order chi connectivity index (χ0) is 12.9. The van der Waals surface area contributed by atoms with Crippen LogP contribution >= 0.6 is 11.6 Å².